The second-order valence-corrected chi connectivity index (χ2v) is 4.07. The van der Waals surface area contributed by atoms with Gasteiger partial charge in [0.15, 0.2) is 0 Å². The van der Waals surface area contributed by atoms with Crippen molar-refractivity contribution in [3.63, 3.8) is 0 Å². The van der Waals surface area contributed by atoms with E-state index in [1.165, 1.54) is 0 Å². The van der Waals surface area contributed by atoms with E-state index in [9.17, 15) is 0 Å². The molecule has 0 spiro atoms. The molecule has 0 bridgehead atoms. The van der Waals surface area contributed by atoms with Gasteiger partial charge in [-0.25, -0.2) is 4.98 Å². The fraction of sp³-hybridized carbons (Fsp3) is 0.545. The number of hydrogen-bond donors (Lipinski definition) is 2. The zero-order valence-electron chi connectivity index (χ0n) is 9.48. The Balaban J connectivity index is 2.78. The van der Waals surface area contributed by atoms with Gasteiger partial charge in [0, 0.05) is 37.6 Å². The summed E-state index contributed by atoms with van der Waals surface area (Å²) in [4.78, 5) is 6.22. The average Bonchev–Trinajstić information content (AvgIpc) is 2.16. The molecule has 0 aliphatic rings. The standard InChI is InChI=1S/C11H20N4/c1-9(2)8-15(6-4-12)10-3-5-14-11(13)7-10/h3,5,7,9H,4,6,8,12H2,1-2H3,(H2,13,14). The molecule has 1 aromatic heterocycles. The summed E-state index contributed by atoms with van der Waals surface area (Å²) in [7, 11) is 0. The van der Waals surface area contributed by atoms with Crippen molar-refractivity contribution in [2.24, 2.45) is 11.7 Å². The van der Waals surface area contributed by atoms with Crippen molar-refractivity contribution in [1.82, 2.24) is 4.98 Å². The van der Waals surface area contributed by atoms with Crippen LogP contribution in [-0.2, 0) is 0 Å². The third kappa shape index (κ3) is 3.75. The molecule has 0 aliphatic heterocycles. The predicted octanol–water partition coefficient (Wildman–Crippen LogP) is 1.08. The molecule has 0 atom stereocenters. The zero-order chi connectivity index (χ0) is 11.3. The Labute approximate surface area is 91.3 Å². The molecule has 4 nitrogen and oxygen atoms in total. The molecule has 1 rings (SSSR count). The summed E-state index contributed by atoms with van der Waals surface area (Å²) in [6.07, 6.45) is 1.73. The van der Waals surface area contributed by atoms with Gasteiger partial charge in [0.1, 0.15) is 5.82 Å². The van der Waals surface area contributed by atoms with Gasteiger partial charge in [-0.1, -0.05) is 13.8 Å². The van der Waals surface area contributed by atoms with Gasteiger partial charge in [0.05, 0.1) is 0 Å². The summed E-state index contributed by atoms with van der Waals surface area (Å²) in [6.45, 7) is 6.86. The maximum atomic E-state index is 5.65. The Morgan fingerprint density at radius 1 is 1.47 bits per heavy atom. The Morgan fingerprint density at radius 3 is 2.73 bits per heavy atom. The van der Waals surface area contributed by atoms with Crippen molar-refractivity contribution in [2.75, 3.05) is 30.3 Å². The maximum absolute atomic E-state index is 5.65. The van der Waals surface area contributed by atoms with Gasteiger partial charge in [0.2, 0.25) is 0 Å². The molecule has 0 saturated carbocycles. The molecule has 4 heteroatoms. The van der Waals surface area contributed by atoms with Gasteiger partial charge in [-0.3, -0.25) is 0 Å². The summed E-state index contributed by atoms with van der Waals surface area (Å²) < 4.78 is 0. The summed E-state index contributed by atoms with van der Waals surface area (Å²) in [6, 6.07) is 3.85. The molecule has 4 N–H and O–H groups in total. The molecule has 0 amide bonds. The van der Waals surface area contributed by atoms with E-state index in [0.29, 0.717) is 18.3 Å². The molecule has 0 saturated heterocycles. The van der Waals surface area contributed by atoms with E-state index in [-0.39, 0.29) is 0 Å². The molecular weight excluding hydrogens is 188 g/mol. The van der Waals surface area contributed by atoms with Crippen molar-refractivity contribution in [2.45, 2.75) is 13.8 Å². The largest absolute Gasteiger partial charge is 0.384 e. The summed E-state index contributed by atoms with van der Waals surface area (Å²) in [5.74, 6) is 1.16. The molecule has 1 heterocycles. The van der Waals surface area contributed by atoms with Gasteiger partial charge in [-0.15, -0.1) is 0 Å². The first-order valence-electron chi connectivity index (χ1n) is 5.30. The van der Waals surface area contributed by atoms with Gasteiger partial charge in [-0.2, -0.15) is 0 Å². The van der Waals surface area contributed by atoms with Crippen LogP contribution in [0.1, 0.15) is 13.8 Å². The summed E-state index contributed by atoms with van der Waals surface area (Å²) >= 11 is 0. The van der Waals surface area contributed by atoms with Crippen LogP contribution in [0.25, 0.3) is 0 Å². The van der Waals surface area contributed by atoms with Crippen LogP contribution in [0, 0.1) is 5.92 Å². The van der Waals surface area contributed by atoms with Gasteiger partial charge < -0.3 is 16.4 Å². The topological polar surface area (TPSA) is 68.2 Å². The molecule has 84 valence electrons. The quantitative estimate of drug-likeness (QED) is 0.760. The molecular formula is C11H20N4. The van der Waals surface area contributed by atoms with Crippen LogP contribution in [-0.4, -0.2) is 24.6 Å². The molecule has 15 heavy (non-hydrogen) atoms. The summed E-state index contributed by atoms with van der Waals surface area (Å²) in [5.41, 5.74) is 12.3. The normalized spacial score (nSPS) is 10.7. The minimum Gasteiger partial charge on any atom is -0.384 e. The van der Waals surface area contributed by atoms with Gasteiger partial charge in [0.25, 0.3) is 0 Å². The number of rotatable bonds is 5. The highest BCUT2D eigenvalue weighted by Crippen LogP contribution is 2.16. The third-order valence-electron chi connectivity index (χ3n) is 2.11. The molecule has 0 fully saturated rings. The smallest absolute Gasteiger partial charge is 0.125 e. The van der Waals surface area contributed by atoms with E-state index in [2.05, 4.69) is 23.7 Å². The van der Waals surface area contributed by atoms with E-state index in [1.807, 2.05) is 12.1 Å². The fourth-order valence-electron chi connectivity index (χ4n) is 1.56. The van der Waals surface area contributed by atoms with Crippen molar-refractivity contribution >= 4 is 11.5 Å². The SMILES string of the molecule is CC(C)CN(CCN)c1ccnc(N)c1. The highest BCUT2D eigenvalue weighted by molar-refractivity contribution is 5.52. The monoisotopic (exact) mass is 208 g/mol. The van der Waals surface area contributed by atoms with E-state index >= 15 is 0 Å². The van der Waals surface area contributed by atoms with E-state index in [4.69, 9.17) is 11.5 Å². The summed E-state index contributed by atoms with van der Waals surface area (Å²) in [5, 5.41) is 0. The highest BCUT2D eigenvalue weighted by atomic mass is 15.1. The van der Waals surface area contributed by atoms with Crippen LogP contribution in [0.15, 0.2) is 18.3 Å². The number of nitrogen functional groups attached to an aromatic ring is 1. The Bertz CT molecular complexity index is 298. The van der Waals surface area contributed by atoms with Crippen LogP contribution >= 0.6 is 0 Å². The van der Waals surface area contributed by atoms with Crippen LogP contribution in [0.3, 0.4) is 0 Å². The minimum absolute atomic E-state index is 0.554. The van der Waals surface area contributed by atoms with Crippen LogP contribution in [0.5, 0.6) is 0 Å². The maximum Gasteiger partial charge on any atom is 0.125 e. The minimum atomic E-state index is 0.554. The zero-order valence-corrected chi connectivity index (χ0v) is 9.48. The Kier molecular flexibility index (Phi) is 4.37. The first kappa shape index (κ1) is 11.8. The number of pyridine rings is 1. The van der Waals surface area contributed by atoms with Crippen molar-refractivity contribution in [3.05, 3.63) is 18.3 Å². The van der Waals surface area contributed by atoms with Gasteiger partial charge >= 0.3 is 0 Å². The van der Waals surface area contributed by atoms with E-state index in [0.717, 1.165) is 18.8 Å². The Hall–Kier alpha value is -1.29. The molecule has 0 unspecified atom stereocenters. The van der Waals surface area contributed by atoms with Crippen molar-refractivity contribution in [1.29, 1.82) is 0 Å². The van der Waals surface area contributed by atoms with Crippen LogP contribution in [0.4, 0.5) is 11.5 Å². The Morgan fingerprint density at radius 2 is 2.20 bits per heavy atom. The lowest BCUT2D eigenvalue weighted by atomic mass is 10.2. The number of aromatic nitrogens is 1. The van der Waals surface area contributed by atoms with Crippen molar-refractivity contribution in [3.8, 4) is 0 Å². The van der Waals surface area contributed by atoms with E-state index < -0.39 is 0 Å². The molecule has 0 aromatic carbocycles. The number of nitrogens with zero attached hydrogens (tertiary/aromatic N) is 2. The second-order valence-electron chi connectivity index (χ2n) is 4.07. The van der Waals surface area contributed by atoms with Crippen LogP contribution in [0.2, 0.25) is 0 Å². The van der Waals surface area contributed by atoms with Gasteiger partial charge in [-0.05, 0) is 12.0 Å². The lowest BCUT2D eigenvalue weighted by Gasteiger charge is -2.26. The average molecular weight is 208 g/mol. The molecule has 0 aliphatic carbocycles. The second kappa shape index (κ2) is 5.56. The number of nitrogens with two attached hydrogens (primary N) is 2. The fourth-order valence-corrected chi connectivity index (χ4v) is 1.56. The lowest BCUT2D eigenvalue weighted by Crippen LogP contribution is -2.32. The van der Waals surface area contributed by atoms with Crippen molar-refractivity contribution < 1.29 is 0 Å². The molecule has 0 radical (unpaired) electrons. The van der Waals surface area contributed by atoms with E-state index in [1.54, 1.807) is 6.20 Å². The third-order valence-corrected chi connectivity index (χ3v) is 2.11. The molecule has 1 aromatic rings. The van der Waals surface area contributed by atoms with Crippen LogP contribution < -0.4 is 16.4 Å². The number of hydrogen-bond acceptors (Lipinski definition) is 4. The lowest BCUT2D eigenvalue weighted by molar-refractivity contribution is 0.611. The first-order chi connectivity index (χ1) is 7.13. The highest BCUT2D eigenvalue weighted by Gasteiger charge is 2.07. The number of anilines is 2. The first-order valence-corrected chi connectivity index (χ1v) is 5.30. The predicted molar refractivity (Wildman–Crippen MR) is 64.8 cm³/mol.